The first-order chi connectivity index (χ1) is 9.52. The number of piperazine rings is 1. The van der Waals surface area contributed by atoms with Crippen LogP contribution >= 0.6 is 0 Å². The summed E-state index contributed by atoms with van der Waals surface area (Å²) in [6.07, 6.45) is 2.33. The van der Waals surface area contributed by atoms with Gasteiger partial charge in [-0.3, -0.25) is 9.59 Å². The standard InChI is InChI=1S/C16H20N2O2/c1-11-14(19)17-16(2,13-6-4-3-5-7-13)15(20)18(11)10-12-8-9-12/h3-7,11-12H,8-10H2,1-2H3,(H,17,19). The van der Waals surface area contributed by atoms with Crippen molar-refractivity contribution in [1.82, 2.24) is 10.2 Å². The molecule has 3 rings (SSSR count). The van der Waals surface area contributed by atoms with Gasteiger partial charge in [0.25, 0.3) is 5.91 Å². The minimum absolute atomic E-state index is 0.00250. The van der Waals surface area contributed by atoms with Gasteiger partial charge in [0.15, 0.2) is 0 Å². The third-order valence-electron chi connectivity index (χ3n) is 4.41. The van der Waals surface area contributed by atoms with Crippen LogP contribution in [0.4, 0.5) is 0 Å². The second-order valence-corrected chi connectivity index (χ2v) is 6.06. The second kappa shape index (κ2) is 4.62. The highest BCUT2D eigenvalue weighted by molar-refractivity contribution is 6.00. The van der Waals surface area contributed by atoms with Gasteiger partial charge >= 0.3 is 0 Å². The SMILES string of the molecule is CC1C(=O)NC(C)(c2ccccc2)C(=O)N1CC1CC1. The Bertz CT molecular complexity index is 539. The third-order valence-corrected chi connectivity index (χ3v) is 4.41. The van der Waals surface area contributed by atoms with E-state index in [-0.39, 0.29) is 17.9 Å². The van der Waals surface area contributed by atoms with E-state index in [2.05, 4.69) is 5.32 Å². The van der Waals surface area contributed by atoms with Gasteiger partial charge in [-0.2, -0.15) is 0 Å². The van der Waals surface area contributed by atoms with Crippen molar-refractivity contribution in [3.05, 3.63) is 35.9 Å². The zero-order valence-electron chi connectivity index (χ0n) is 11.9. The molecule has 1 N–H and O–H groups in total. The minimum atomic E-state index is -0.945. The molecule has 106 valence electrons. The van der Waals surface area contributed by atoms with Crippen molar-refractivity contribution in [2.45, 2.75) is 38.3 Å². The molecule has 1 saturated carbocycles. The van der Waals surface area contributed by atoms with Crippen LogP contribution in [0.15, 0.2) is 30.3 Å². The van der Waals surface area contributed by atoms with Crippen LogP contribution in [-0.4, -0.2) is 29.3 Å². The van der Waals surface area contributed by atoms with Gasteiger partial charge in [0.1, 0.15) is 11.6 Å². The molecule has 2 unspecified atom stereocenters. The van der Waals surface area contributed by atoms with Gasteiger partial charge < -0.3 is 10.2 Å². The Kier molecular flexibility index (Phi) is 3.04. The van der Waals surface area contributed by atoms with E-state index in [0.29, 0.717) is 12.5 Å². The molecule has 2 amide bonds. The molecule has 0 radical (unpaired) electrons. The van der Waals surface area contributed by atoms with Gasteiger partial charge in [0, 0.05) is 6.54 Å². The Balaban J connectivity index is 1.94. The maximum atomic E-state index is 12.9. The lowest BCUT2D eigenvalue weighted by molar-refractivity contribution is -0.154. The number of benzene rings is 1. The van der Waals surface area contributed by atoms with E-state index in [4.69, 9.17) is 0 Å². The van der Waals surface area contributed by atoms with Crippen LogP contribution < -0.4 is 5.32 Å². The predicted molar refractivity (Wildman–Crippen MR) is 75.8 cm³/mol. The minimum Gasteiger partial charge on any atom is -0.336 e. The van der Waals surface area contributed by atoms with Gasteiger partial charge in [-0.05, 0) is 38.2 Å². The summed E-state index contributed by atoms with van der Waals surface area (Å²) in [5.74, 6) is 0.506. The van der Waals surface area contributed by atoms with Crippen LogP contribution in [-0.2, 0) is 15.1 Å². The monoisotopic (exact) mass is 272 g/mol. The third kappa shape index (κ3) is 2.09. The number of hydrogen-bond acceptors (Lipinski definition) is 2. The fraction of sp³-hybridized carbons (Fsp3) is 0.500. The van der Waals surface area contributed by atoms with Gasteiger partial charge in [-0.25, -0.2) is 0 Å². The molecule has 1 aromatic rings. The first-order valence-corrected chi connectivity index (χ1v) is 7.21. The predicted octanol–water partition coefficient (Wildman–Crippen LogP) is 1.66. The zero-order chi connectivity index (χ0) is 14.3. The lowest BCUT2D eigenvalue weighted by atomic mass is 9.87. The van der Waals surface area contributed by atoms with E-state index in [1.54, 1.807) is 18.7 Å². The van der Waals surface area contributed by atoms with Crippen LogP contribution in [0.1, 0.15) is 32.3 Å². The number of nitrogens with one attached hydrogen (secondary N) is 1. The number of rotatable bonds is 3. The summed E-state index contributed by atoms with van der Waals surface area (Å²) in [6.45, 7) is 4.31. The lowest BCUT2D eigenvalue weighted by Gasteiger charge is -2.43. The molecule has 2 atom stereocenters. The van der Waals surface area contributed by atoms with E-state index >= 15 is 0 Å². The normalized spacial score (nSPS) is 30.3. The van der Waals surface area contributed by atoms with Crippen molar-refractivity contribution >= 4 is 11.8 Å². The average molecular weight is 272 g/mol. The molecule has 4 nitrogen and oxygen atoms in total. The number of amides is 2. The highest BCUT2D eigenvalue weighted by atomic mass is 16.2. The average Bonchev–Trinajstić information content (AvgIpc) is 3.26. The van der Waals surface area contributed by atoms with Crippen molar-refractivity contribution in [1.29, 1.82) is 0 Å². The van der Waals surface area contributed by atoms with Gasteiger partial charge in [-0.1, -0.05) is 30.3 Å². The van der Waals surface area contributed by atoms with E-state index in [1.165, 1.54) is 12.8 Å². The fourth-order valence-electron chi connectivity index (χ4n) is 2.80. The van der Waals surface area contributed by atoms with E-state index in [9.17, 15) is 9.59 Å². The molecule has 20 heavy (non-hydrogen) atoms. The summed E-state index contributed by atoms with van der Waals surface area (Å²) in [7, 11) is 0. The Hall–Kier alpha value is -1.84. The van der Waals surface area contributed by atoms with Gasteiger partial charge in [0.05, 0.1) is 0 Å². The van der Waals surface area contributed by atoms with Crippen LogP contribution in [0.3, 0.4) is 0 Å². The summed E-state index contributed by atoms with van der Waals surface area (Å²) in [6, 6.07) is 9.10. The second-order valence-electron chi connectivity index (χ2n) is 6.06. The summed E-state index contributed by atoms with van der Waals surface area (Å²) in [5.41, 5.74) is -0.106. The topological polar surface area (TPSA) is 49.4 Å². The maximum absolute atomic E-state index is 12.9. The maximum Gasteiger partial charge on any atom is 0.253 e. The van der Waals surface area contributed by atoms with Crippen LogP contribution in [0.2, 0.25) is 0 Å². The summed E-state index contributed by atoms with van der Waals surface area (Å²) < 4.78 is 0. The summed E-state index contributed by atoms with van der Waals surface area (Å²) >= 11 is 0. The molecule has 2 aliphatic rings. The van der Waals surface area contributed by atoms with Gasteiger partial charge in [0.2, 0.25) is 5.91 Å². The number of carbonyl (C=O) groups excluding carboxylic acids is 2. The molecular weight excluding hydrogens is 252 g/mol. The molecule has 1 aromatic carbocycles. The molecule has 0 aromatic heterocycles. The largest absolute Gasteiger partial charge is 0.336 e. The first-order valence-electron chi connectivity index (χ1n) is 7.21. The Morgan fingerprint density at radius 1 is 1.25 bits per heavy atom. The summed E-state index contributed by atoms with van der Waals surface area (Å²) in [5, 5.41) is 2.90. The van der Waals surface area contributed by atoms with Gasteiger partial charge in [-0.15, -0.1) is 0 Å². The Morgan fingerprint density at radius 2 is 1.90 bits per heavy atom. The highest BCUT2D eigenvalue weighted by Gasteiger charge is 2.48. The molecular formula is C16H20N2O2. The van der Waals surface area contributed by atoms with Crippen molar-refractivity contribution in [3.63, 3.8) is 0 Å². The number of carbonyl (C=O) groups is 2. The van der Waals surface area contributed by atoms with Crippen molar-refractivity contribution < 1.29 is 9.59 Å². The fourth-order valence-corrected chi connectivity index (χ4v) is 2.80. The van der Waals surface area contributed by atoms with E-state index < -0.39 is 5.54 Å². The first kappa shape index (κ1) is 13.2. The van der Waals surface area contributed by atoms with E-state index in [1.807, 2.05) is 30.3 Å². The van der Waals surface area contributed by atoms with Crippen LogP contribution in [0, 0.1) is 5.92 Å². The van der Waals surface area contributed by atoms with Crippen LogP contribution in [0.25, 0.3) is 0 Å². The molecule has 4 heteroatoms. The number of nitrogens with zero attached hydrogens (tertiary/aromatic N) is 1. The molecule has 0 spiro atoms. The molecule has 0 bridgehead atoms. The van der Waals surface area contributed by atoms with Crippen molar-refractivity contribution in [2.24, 2.45) is 5.92 Å². The van der Waals surface area contributed by atoms with E-state index in [0.717, 1.165) is 5.56 Å². The summed E-state index contributed by atoms with van der Waals surface area (Å²) in [4.78, 5) is 26.9. The molecule has 2 fully saturated rings. The van der Waals surface area contributed by atoms with Crippen molar-refractivity contribution in [2.75, 3.05) is 6.54 Å². The molecule has 1 heterocycles. The number of hydrogen-bond donors (Lipinski definition) is 1. The quantitative estimate of drug-likeness (QED) is 0.909. The van der Waals surface area contributed by atoms with Crippen molar-refractivity contribution in [3.8, 4) is 0 Å². The Labute approximate surface area is 119 Å². The highest BCUT2D eigenvalue weighted by Crippen LogP contribution is 2.34. The molecule has 1 saturated heterocycles. The Morgan fingerprint density at radius 3 is 2.50 bits per heavy atom. The lowest BCUT2D eigenvalue weighted by Crippen LogP contribution is -2.67. The van der Waals surface area contributed by atoms with Crippen LogP contribution in [0.5, 0.6) is 0 Å². The molecule has 1 aliphatic carbocycles. The molecule has 1 aliphatic heterocycles. The smallest absolute Gasteiger partial charge is 0.253 e. The zero-order valence-corrected chi connectivity index (χ0v) is 11.9.